The van der Waals surface area contributed by atoms with Crippen molar-refractivity contribution in [3.05, 3.63) is 35.4 Å². The second-order valence-electron chi connectivity index (χ2n) is 5.46. The summed E-state index contributed by atoms with van der Waals surface area (Å²) in [4.78, 5) is 2.13. The van der Waals surface area contributed by atoms with Crippen LogP contribution in [0.3, 0.4) is 0 Å². The van der Waals surface area contributed by atoms with Gasteiger partial charge < -0.3 is 9.47 Å². The van der Waals surface area contributed by atoms with Crippen LogP contribution < -0.4 is 0 Å². The topological polar surface area (TPSA) is 18.5 Å². The van der Waals surface area contributed by atoms with E-state index < -0.39 is 0 Å². The quantitative estimate of drug-likeness (QED) is 0.338. The Bertz CT molecular complexity index is 411. The van der Waals surface area contributed by atoms with Crippen molar-refractivity contribution in [2.24, 2.45) is 0 Å². The second kappa shape index (κ2) is 8.88. The van der Waals surface area contributed by atoms with Gasteiger partial charge >= 0.3 is 0 Å². The zero-order valence-electron chi connectivity index (χ0n) is 12.0. The number of allylic oxidation sites excluding steroid dienone is 3. The van der Waals surface area contributed by atoms with Crippen LogP contribution in [0.1, 0.15) is 26.2 Å². The lowest BCUT2D eigenvalue weighted by Gasteiger charge is -2.22. The Labute approximate surface area is 148 Å². The van der Waals surface area contributed by atoms with Crippen molar-refractivity contribution in [1.29, 1.82) is 0 Å². The number of rotatable bonds is 2. The Balaban J connectivity index is 2.12. The first-order chi connectivity index (χ1) is 10.1. The first kappa shape index (κ1) is 17.7. The van der Waals surface area contributed by atoms with Gasteiger partial charge in [-0.2, -0.15) is 0 Å². The number of halogens is 3. The molecule has 1 saturated heterocycles. The minimum absolute atomic E-state index is 0.00484. The number of fused-ring (bicyclic) bond motifs is 2. The van der Waals surface area contributed by atoms with Crippen molar-refractivity contribution in [2.45, 2.75) is 60.8 Å². The minimum atomic E-state index is 0.00484. The SMILES string of the molecule is C[C@H]1/C=C/C[C@H](Br)[C@@H]2C[C@@H](Cl)[C@@H](C[C@@H](/C=C\C=C/Br)O1)O2. The fraction of sp³-hybridized carbons (Fsp3) is 0.625. The number of ether oxygens (including phenoxy) is 2. The molecule has 2 aliphatic heterocycles. The molecular formula is C16H21Br2ClO2. The molecule has 21 heavy (non-hydrogen) atoms. The van der Waals surface area contributed by atoms with Crippen molar-refractivity contribution >= 4 is 43.5 Å². The number of hydrogen-bond acceptors (Lipinski definition) is 2. The molecule has 0 aromatic carbocycles. The predicted molar refractivity (Wildman–Crippen MR) is 95.6 cm³/mol. The average molecular weight is 441 g/mol. The first-order valence-corrected chi connectivity index (χ1v) is 9.56. The minimum Gasteiger partial charge on any atom is -0.372 e. The maximum absolute atomic E-state index is 6.47. The highest BCUT2D eigenvalue weighted by Gasteiger charge is 2.38. The molecule has 2 bridgehead atoms. The van der Waals surface area contributed by atoms with E-state index in [0.717, 1.165) is 19.3 Å². The third-order valence-corrected chi connectivity index (χ3v) is 5.47. The Hall–Kier alpha value is 0.390. The zero-order chi connectivity index (χ0) is 15.2. The Morgan fingerprint density at radius 1 is 1.19 bits per heavy atom. The normalized spacial score (nSPS) is 43.2. The molecule has 0 spiro atoms. The fourth-order valence-corrected chi connectivity index (χ4v) is 3.76. The predicted octanol–water partition coefficient (Wildman–Crippen LogP) is 5.10. The van der Waals surface area contributed by atoms with Crippen molar-refractivity contribution in [3.8, 4) is 0 Å². The monoisotopic (exact) mass is 438 g/mol. The van der Waals surface area contributed by atoms with Gasteiger partial charge in [-0.15, -0.1) is 11.6 Å². The largest absolute Gasteiger partial charge is 0.372 e. The van der Waals surface area contributed by atoms with E-state index in [9.17, 15) is 0 Å². The van der Waals surface area contributed by atoms with Crippen LogP contribution in [-0.4, -0.2) is 34.6 Å². The van der Waals surface area contributed by atoms with Crippen LogP contribution in [0.15, 0.2) is 35.4 Å². The van der Waals surface area contributed by atoms with Gasteiger partial charge in [-0.05, 0) is 24.8 Å². The van der Waals surface area contributed by atoms with Crippen LogP contribution in [0.5, 0.6) is 0 Å². The summed E-state index contributed by atoms with van der Waals surface area (Å²) in [6.45, 7) is 2.07. The molecule has 0 amide bonds. The van der Waals surface area contributed by atoms with Gasteiger partial charge in [-0.1, -0.05) is 62.2 Å². The Kier molecular flexibility index (Phi) is 7.50. The van der Waals surface area contributed by atoms with E-state index in [0.29, 0.717) is 4.83 Å². The maximum atomic E-state index is 6.47. The van der Waals surface area contributed by atoms with Crippen LogP contribution in [0, 0.1) is 0 Å². The summed E-state index contributed by atoms with van der Waals surface area (Å²) >= 11 is 13.5. The molecule has 2 aliphatic rings. The van der Waals surface area contributed by atoms with E-state index in [2.05, 4.69) is 57.0 Å². The summed E-state index contributed by atoms with van der Waals surface area (Å²) in [6.07, 6.45) is 13.2. The molecule has 5 heteroatoms. The number of alkyl halides is 2. The van der Waals surface area contributed by atoms with Crippen molar-refractivity contribution in [1.82, 2.24) is 0 Å². The van der Waals surface area contributed by atoms with E-state index in [1.807, 2.05) is 17.1 Å². The Morgan fingerprint density at radius 3 is 2.76 bits per heavy atom. The standard InChI is InChI=1S/C16H21Br2ClO2/c1-11-5-4-7-13(18)15-10-14(19)16(21-15)9-12(20-11)6-2-3-8-17/h2-6,8,11-16H,7,9-10H2,1H3/b5-4+,6-2-,8-3-/t11-,12+,13-,14+,15-,16+/m0/s1. The molecular weight excluding hydrogens is 419 g/mol. The Morgan fingerprint density at radius 2 is 2.00 bits per heavy atom. The van der Waals surface area contributed by atoms with Crippen LogP contribution in [-0.2, 0) is 9.47 Å². The lowest BCUT2D eigenvalue weighted by molar-refractivity contribution is -0.00962. The molecule has 2 nitrogen and oxygen atoms in total. The summed E-state index contributed by atoms with van der Waals surface area (Å²) in [5.41, 5.74) is 0. The summed E-state index contributed by atoms with van der Waals surface area (Å²) in [6, 6.07) is 0. The molecule has 0 aliphatic carbocycles. The smallest absolute Gasteiger partial charge is 0.0792 e. The van der Waals surface area contributed by atoms with E-state index in [4.69, 9.17) is 21.1 Å². The molecule has 0 aromatic heterocycles. The lowest BCUT2D eigenvalue weighted by Crippen LogP contribution is -2.27. The zero-order valence-corrected chi connectivity index (χ0v) is 15.9. The summed E-state index contributed by atoms with van der Waals surface area (Å²) in [5.74, 6) is 0. The maximum Gasteiger partial charge on any atom is 0.0792 e. The molecule has 2 rings (SSSR count). The molecule has 0 radical (unpaired) electrons. The van der Waals surface area contributed by atoms with Gasteiger partial charge in [0.1, 0.15) is 0 Å². The first-order valence-electron chi connectivity index (χ1n) is 7.29. The highest BCUT2D eigenvalue weighted by atomic mass is 79.9. The van der Waals surface area contributed by atoms with E-state index >= 15 is 0 Å². The molecule has 1 fully saturated rings. The van der Waals surface area contributed by atoms with Gasteiger partial charge in [-0.3, -0.25) is 0 Å². The fourth-order valence-electron chi connectivity index (χ4n) is 2.69. The van der Waals surface area contributed by atoms with Gasteiger partial charge in [0.25, 0.3) is 0 Å². The van der Waals surface area contributed by atoms with Crippen molar-refractivity contribution in [2.75, 3.05) is 0 Å². The third-order valence-electron chi connectivity index (χ3n) is 3.75. The second-order valence-corrected chi connectivity index (χ2v) is 7.73. The van der Waals surface area contributed by atoms with Crippen LogP contribution >= 0.6 is 43.5 Å². The van der Waals surface area contributed by atoms with Crippen molar-refractivity contribution in [3.63, 3.8) is 0 Å². The molecule has 0 N–H and O–H groups in total. The van der Waals surface area contributed by atoms with Gasteiger partial charge in [-0.25, -0.2) is 0 Å². The van der Waals surface area contributed by atoms with Crippen LogP contribution in [0.4, 0.5) is 0 Å². The van der Waals surface area contributed by atoms with E-state index in [-0.39, 0.29) is 29.8 Å². The molecule has 0 unspecified atom stereocenters. The van der Waals surface area contributed by atoms with Gasteiger partial charge in [0.05, 0.1) is 29.8 Å². The molecule has 0 aromatic rings. The van der Waals surface area contributed by atoms with Crippen LogP contribution in [0.2, 0.25) is 0 Å². The van der Waals surface area contributed by atoms with Crippen LogP contribution in [0.25, 0.3) is 0 Å². The molecule has 0 saturated carbocycles. The van der Waals surface area contributed by atoms with E-state index in [1.54, 1.807) is 0 Å². The highest BCUT2D eigenvalue weighted by Crippen LogP contribution is 2.34. The van der Waals surface area contributed by atoms with Gasteiger partial charge in [0.2, 0.25) is 0 Å². The third kappa shape index (κ3) is 5.51. The summed E-state index contributed by atoms with van der Waals surface area (Å²) < 4.78 is 12.2. The van der Waals surface area contributed by atoms with Gasteiger partial charge in [0, 0.05) is 11.2 Å². The number of hydrogen-bond donors (Lipinski definition) is 0. The summed E-state index contributed by atoms with van der Waals surface area (Å²) in [5, 5.41) is 0.0555. The summed E-state index contributed by atoms with van der Waals surface area (Å²) in [7, 11) is 0. The van der Waals surface area contributed by atoms with Gasteiger partial charge in [0.15, 0.2) is 0 Å². The molecule has 118 valence electrons. The molecule has 6 atom stereocenters. The average Bonchev–Trinajstić information content (AvgIpc) is 2.78. The molecule has 2 heterocycles. The lowest BCUT2D eigenvalue weighted by atomic mass is 10.0. The van der Waals surface area contributed by atoms with E-state index in [1.165, 1.54) is 0 Å². The van der Waals surface area contributed by atoms with Crippen molar-refractivity contribution < 1.29 is 9.47 Å². The highest BCUT2D eigenvalue weighted by molar-refractivity contribution is 9.11.